The molecular formula is C13H22N4O2S. The van der Waals surface area contributed by atoms with Crippen LogP contribution < -0.4 is 11.1 Å². The molecule has 7 heteroatoms. The molecular weight excluding hydrogens is 276 g/mol. The lowest BCUT2D eigenvalue weighted by molar-refractivity contribution is -0.118. The summed E-state index contributed by atoms with van der Waals surface area (Å²) in [5.41, 5.74) is 6.78. The fraction of sp³-hybridized carbons (Fsp3) is 0.692. The van der Waals surface area contributed by atoms with Gasteiger partial charge in [0.05, 0.1) is 24.9 Å². The smallest absolute Gasteiger partial charge is 0.243 e. The normalized spacial score (nSPS) is 18.2. The molecule has 1 atom stereocenters. The molecule has 20 heavy (non-hydrogen) atoms. The van der Waals surface area contributed by atoms with Crippen molar-refractivity contribution in [3.8, 4) is 0 Å². The first kappa shape index (κ1) is 15.4. The molecule has 0 aromatic carbocycles. The Bertz CT molecular complexity index is 443. The average Bonchev–Trinajstić information content (AvgIpc) is 2.86. The molecule has 0 bridgehead atoms. The molecule has 0 spiro atoms. The van der Waals surface area contributed by atoms with Crippen LogP contribution >= 0.6 is 11.3 Å². The van der Waals surface area contributed by atoms with Crippen molar-refractivity contribution in [3.63, 3.8) is 0 Å². The van der Waals surface area contributed by atoms with Crippen molar-refractivity contribution in [3.05, 3.63) is 11.1 Å². The summed E-state index contributed by atoms with van der Waals surface area (Å²) in [6, 6.07) is -0.499. The van der Waals surface area contributed by atoms with Crippen molar-refractivity contribution >= 4 is 22.4 Å². The largest absolute Gasteiger partial charge is 0.379 e. The number of carbonyl (C=O) groups excluding carboxylic acids is 1. The number of carbonyl (C=O) groups is 1. The van der Waals surface area contributed by atoms with Gasteiger partial charge < -0.3 is 15.8 Å². The standard InChI is InChI=1S/C13H22N4O2S/c1-9(2)11(14)12(18)16-13-15-10(8-20-13)7-17-3-5-19-6-4-17/h8-9,11H,3-7,14H2,1-2H3,(H,15,16,18)/t11-/m0/s1. The molecule has 0 saturated carbocycles. The summed E-state index contributed by atoms with van der Waals surface area (Å²) in [5.74, 6) is -0.0601. The maximum Gasteiger partial charge on any atom is 0.243 e. The van der Waals surface area contributed by atoms with Gasteiger partial charge in [-0.05, 0) is 5.92 Å². The van der Waals surface area contributed by atoms with Crippen LogP contribution in [-0.2, 0) is 16.1 Å². The molecule has 2 rings (SSSR count). The minimum Gasteiger partial charge on any atom is -0.379 e. The van der Waals surface area contributed by atoms with E-state index < -0.39 is 6.04 Å². The molecule has 1 amide bonds. The van der Waals surface area contributed by atoms with E-state index >= 15 is 0 Å². The zero-order valence-corrected chi connectivity index (χ0v) is 12.8. The van der Waals surface area contributed by atoms with Crippen LogP contribution in [0.2, 0.25) is 0 Å². The van der Waals surface area contributed by atoms with Gasteiger partial charge in [0.25, 0.3) is 0 Å². The van der Waals surface area contributed by atoms with Crippen molar-refractivity contribution in [1.82, 2.24) is 9.88 Å². The van der Waals surface area contributed by atoms with Crippen LogP contribution in [0.5, 0.6) is 0 Å². The first-order valence-electron chi connectivity index (χ1n) is 6.87. The Hall–Kier alpha value is -1.02. The Labute approximate surface area is 123 Å². The van der Waals surface area contributed by atoms with E-state index in [1.54, 1.807) is 0 Å². The third-order valence-electron chi connectivity index (χ3n) is 3.29. The summed E-state index contributed by atoms with van der Waals surface area (Å²) in [4.78, 5) is 18.6. The molecule has 0 unspecified atom stereocenters. The van der Waals surface area contributed by atoms with E-state index in [4.69, 9.17) is 10.5 Å². The number of nitrogens with one attached hydrogen (secondary N) is 1. The van der Waals surface area contributed by atoms with Crippen molar-refractivity contribution in [1.29, 1.82) is 0 Å². The Morgan fingerprint density at radius 3 is 2.90 bits per heavy atom. The molecule has 1 aliphatic heterocycles. The Kier molecular flexibility index (Phi) is 5.47. The molecule has 1 aliphatic rings. The van der Waals surface area contributed by atoms with E-state index in [9.17, 15) is 4.79 Å². The number of morpholine rings is 1. The highest BCUT2D eigenvalue weighted by Crippen LogP contribution is 2.18. The quantitative estimate of drug-likeness (QED) is 0.844. The molecule has 3 N–H and O–H groups in total. The van der Waals surface area contributed by atoms with Gasteiger partial charge in [0.2, 0.25) is 5.91 Å². The number of nitrogens with zero attached hydrogens (tertiary/aromatic N) is 2. The lowest BCUT2D eigenvalue weighted by Crippen LogP contribution is -2.39. The van der Waals surface area contributed by atoms with Gasteiger partial charge in [-0.15, -0.1) is 11.3 Å². The van der Waals surface area contributed by atoms with Gasteiger partial charge in [-0.25, -0.2) is 4.98 Å². The number of amides is 1. The third kappa shape index (κ3) is 4.24. The first-order chi connectivity index (χ1) is 9.56. The second-order valence-electron chi connectivity index (χ2n) is 5.29. The minimum atomic E-state index is -0.499. The first-order valence-corrected chi connectivity index (χ1v) is 7.75. The highest BCUT2D eigenvalue weighted by atomic mass is 32.1. The van der Waals surface area contributed by atoms with Crippen molar-refractivity contribution < 1.29 is 9.53 Å². The third-order valence-corrected chi connectivity index (χ3v) is 4.10. The van der Waals surface area contributed by atoms with Crippen LogP contribution in [0.4, 0.5) is 5.13 Å². The fourth-order valence-corrected chi connectivity index (χ4v) is 2.62. The summed E-state index contributed by atoms with van der Waals surface area (Å²) in [7, 11) is 0. The van der Waals surface area contributed by atoms with E-state index in [1.807, 2.05) is 19.2 Å². The molecule has 112 valence electrons. The Balaban J connectivity index is 1.87. The van der Waals surface area contributed by atoms with Crippen LogP contribution in [0.15, 0.2) is 5.38 Å². The second-order valence-corrected chi connectivity index (χ2v) is 6.15. The van der Waals surface area contributed by atoms with Gasteiger partial charge in [0.15, 0.2) is 5.13 Å². The summed E-state index contributed by atoms with van der Waals surface area (Å²) in [6.07, 6.45) is 0. The van der Waals surface area contributed by atoms with E-state index in [2.05, 4.69) is 15.2 Å². The zero-order valence-electron chi connectivity index (χ0n) is 12.0. The highest BCUT2D eigenvalue weighted by molar-refractivity contribution is 7.13. The summed E-state index contributed by atoms with van der Waals surface area (Å²) in [6.45, 7) is 8.06. The number of rotatable bonds is 5. The highest BCUT2D eigenvalue weighted by Gasteiger charge is 2.19. The number of nitrogens with two attached hydrogens (primary N) is 1. The van der Waals surface area contributed by atoms with Crippen LogP contribution in [0, 0.1) is 5.92 Å². The van der Waals surface area contributed by atoms with Crippen LogP contribution in [0.25, 0.3) is 0 Å². The lowest BCUT2D eigenvalue weighted by atomic mass is 10.1. The molecule has 0 aliphatic carbocycles. The van der Waals surface area contributed by atoms with Crippen molar-refractivity contribution in [2.45, 2.75) is 26.4 Å². The van der Waals surface area contributed by atoms with E-state index in [0.717, 1.165) is 38.5 Å². The van der Waals surface area contributed by atoms with Gasteiger partial charge in [0.1, 0.15) is 0 Å². The van der Waals surface area contributed by atoms with Gasteiger partial charge in [-0.2, -0.15) is 0 Å². The maximum atomic E-state index is 11.9. The van der Waals surface area contributed by atoms with Gasteiger partial charge in [0, 0.05) is 25.0 Å². The predicted molar refractivity (Wildman–Crippen MR) is 79.7 cm³/mol. The number of thiazole rings is 1. The monoisotopic (exact) mass is 298 g/mol. The second kappa shape index (κ2) is 7.12. The molecule has 1 fully saturated rings. The predicted octanol–water partition coefficient (Wildman–Crippen LogP) is 0.897. The van der Waals surface area contributed by atoms with Gasteiger partial charge >= 0.3 is 0 Å². The van der Waals surface area contributed by atoms with Crippen molar-refractivity contribution in [2.24, 2.45) is 11.7 Å². The number of ether oxygens (including phenoxy) is 1. The minimum absolute atomic E-state index is 0.114. The summed E-state index contributed by atoms with van der Waals surface area (Å²) < 4.78 is 5.31. The molecule has 2 heterocycles. The topological polar surface area (TPSA) is 80.5 Å². The van der Waals surface area contributed by atoms with Gasteiger partial charge in [-0.3, -0.25) is 9.69 Å². The fourth-order valence-electron chi connectivity index (χ4n) is 1.92. The molecule has 6 nitrogen and oxygen atoms in total. The van der Waals surface area contributed by atoms with E-state index in [0.29, 0.717) is 5.13 Å². The zero-order chi connectivity index (χ0) is 14.5. The molecule has 1 saturated heterocycles. The van der Waals surface area contributed by atoms with E-state index in [-0.39, 0.29) is 11.8 Å². The molecule has 1 aromatic rings. The maximum absolute atomic E-state index is 11.9. The molecule has 0 radical (unpaired) electrons. The SMILES string of the molecule is CC(C)[C@H](N)C(=O)Nc1nc(CN2CCOCC2)cs1. The van der Waals surface area contributed by atoms with E-state index in [1.165, 1.54) is 11.3 Å². The number of hydrogen-bond acceptors (Lipinski definition) is 6. The van der Waals surface area contributed by atoms with Gasteiger partial charge in [-0.1, -0.05) is 13.8 Å². The number of hydrogen-bond donors (Lipinski definition) is 2. The van der Waals surface area contributed by atoms with Crippen LogP contribution in [0.3, 0.4) is 0 Å². The summed E-state index contributed by atoms with van der Waals surface area (Å²) in [5, 5.41) is 5.38. The molecule has 1 aromatic heterocycles. The number of anilines is 1. The van der Waals surface area contributed by atoms with Crippen LogP contribution in [-0.4, -0.2) is 48.1 Å². The lowest BCUT2D eigenvalue weighted by Gasteiger charge is -2.25. The average molecular weight is 298 g/mol. The van der Waals surface area contributed by atoms with Crippen molar-refractivity contribution in [2.75, 3.05) is 31.6 Å². The summed E-state index contributed by atoms with van der Waals surface area (Å²) >= 11 is 1.44. The Morgan fingerprint density at radius 1 is 1.55 bits per heavy atom. The van der Waals surface area contributed by atoms with Crippen LogP contribution in [0.1, 0.15) is 19.5 Å². The Morgan fingerprint density at radius 2 is 2.25 bits per heavy atom. The number of aromatic nitrogens is 1.